The molecule has 2 atom stereocenters. The van der Waals surface area contributed by atoms with Crippen LogP contribution < -0.4 is 15.4 Å². The maximum Gasteiger partial charge on any atom is 0.315 e. The van der Waals surface area contributed by atoms with Crippen LogP contribution in [0.5, 0.6) is 5.75 Å². The quantitative estimate of drug-likeness (QED) is 0.720. The van der Waals surface area contributed by atoms with Crippen molar-refractivity contribution in [3.8, 4) is 5.75 Å². The van der Waals surface area contributed by atoms with Gasteiger partial charge in [0.1, 0.15) is 11.6 Å². The van der Waals surface area contributed by atoms with E-state index in [1.807, 2.05) is 30.3 Å². The van der Waals surface area contributed by atoms with Crippen LogP contribution in [-0.4, -0.2) is 24.9 Å². The molecule has 0 aliphatic rings. The fourth-order valence-corrected chi connectivity index (χ4v) is 2.72. The lowest BCUT2D eigenvalue weighted by molar-refractivity contribution is 0.226. The third-order valence-electron chi connectivity index (χ3n) is 3.94. The Morgan fingerprint density at radius 1 is 1.16 bits per heavy atom. The largest absolute Gasteiger partial charge is 0.496 e. The summed E-state index contributed by atoms with van der Waals surface area (Å²) in [6, 6.07) is 12.5. The summed E-state index contributed by atoms with van der Waals surface area (Å²) in [7, 11) is 1.46. The third-order valence-corrected chi connectivity index (χ3v) is 3.94. The number of urea groups is 1. The molecule has 0 radical (unpaired) electrons. The molecule has 134 valence electrons. The summed E-state index contributed by atoms with van der Waals surface area (Å²) in [5, 5.41) is 14.8. The fourth-order valence-electron chi connectivity index (χ4n) is 2.72. The van der Waals surface area contributed by atoms with Crippen molar-refractivity contribution in [1.82, 2.24) is 10.6 Å². The van der Waals surface area contributed by atoms with Gasteiger partial charge in [-0.05, 0) is 31.0 Å². The summed E-state index contributed by atoms with van der Waals surface area (Å²) in [5.74, 6) is -0.0649. The van der Waals surface area contributed by atoms with E-state index >= 15 is 0 Å². The highest BCUT2D eigenvalue weighted by atomic mass is 19.1. The van der Waals surface area contributed by atoms with Crippen molar-refractivity contribution in [3.05, 3.63) is 65.5 Å². The second-order valence-electron chi connectivity index (χ2n) is 5.67. The van der Waals surface area contributed by atoms with Gasteiger partial charge in [0.15, 0.2) is 0 Å². The zero-order chi connectivity index (χ0) is 18.2. The summed E-state index contributed by atoms with van der Waals surface area (Å²) in [5.41, 5.74) is 1.18. The van der Waals surface area contributed by atoms with Crippen LogP contribution in [0.15, 0.2) is 48.5 Å². The molecule has 0 aliphatic carbocycles. The van der Waals surface area contributed by atoms with Crippen LogP contribution in [0.2, 0.25) is 0 Å². The fraction of sp³-hybridized carbons (Fsp3) is 0.316. The Bertz CT molecular complexity index is 694. The van der Waals surface area contributed by atoms with E-state index in [4.69, 9.17) is 4.74 Å². The number of aliphatic hydroxyl groups is 1. The molecule has 0 aliphatic heterocycles. The highest BCUT2D eigenvalue weighted by Crippen LogP contribution is 2.27. The third kappa shape index (κ3) is 4.93. The van der Waals surface area contributed by atoms with E-state index in [9.17, 15) is 14.3 Å². The highest BCUT2D eigenvalue weighted by molar-refractivity contribution is 5.75. The van der Waals surface area contributed by atoms with Crippen LogP contribution in [0.1, 0.15) is 36.6 Å². The molecule has 25 heavy (non-hydrogen) atoms. The molecule has 3 N–H and O–H groups in total. The smallest absolute Gasteiger partial charge is 0.315 e. The summed E-state index contributed by atoms with van der Waals surface area (Å²) in [6.07, 6.45) is 0.384. The van der Waals surface area contributed by atoms with Gasteiger partial charge < -0.3 is 20.5 Å². The van der Waals surface area contributed by atoms with Crippen molar-refractivity contribution in [1.29, 1.82) is 0 Å². The van der Waals surface area contributed by atoms with Gasteiger partial charge in [-0.1, -0.05) is 36.4 Å². The van der Waals surface area contributed by atoms with Crippen molar-refractivity contribution in [2.24, 2.45) is 0 Å². The van der Waals surface area contributed by atoms with Gasteiger partial charge >= 0.3 is 6.03 Å². The van der Waals surface area contributed by atoms with E-state index in [0.29, 0.717) is 17.7 Å². The van der Waals surface area contributed by atoms with Gasteiger partial charge in [0.25, 0.3) is 0 Å². The minimum absolute atomic E-state index is 0.0590. The van der Waals surface area contributed by atoms with Gasteiger partial charge in [-0.2, -0.15) is 0 Å². The van der Waals surface area contributed by atoms with E-state index in [2.05, 4.69) is 10.6 Å². The monoisotopic (exact) mass is 346 g/mol. The van der Waals surface area contributed by atoms with Crippen LogP contribution in [0.25, 0.3) is 0 Å². The van der Waals surface area contributed by atoms with Gasteiger partial charge in [0.2, 0.25) is 0 Å². The Labute approximate surface area is 146 Å². The summed E-state index contributed by atoms with van der Waals surface area (Å²) >= 11 is 0. The number of methoxy groups -OCH3 is 1. The predicted octanol–water partition coefficient (Wildman–Crippen LogP) is 3.32. The Morgan fingerprint density at radius 3 is 2.52 bits per heavy atom. The number of benzene rings is 2. The van der Waals surface area contributed by atoms with E-state index < -0.39 is 17.9 Å². The number of carbonyl (C=O) groups excluding carboxylic acids is 1. The minimum atomic E-state index is -0.582. The van der Waals surface area contributed by atoms with Crippen molar-refractivity contribution in [2.75, 3.05) is 13.7 Å². The zero-order valence-electron chi connectivity index (χ0n) is 14.3. The van der Waals surface area contributed by atoms with Crippen molar-refractivity contribution >= 4 is 6.03 Å². The van der Waals surface area contributed by atoms with Crippen molar-refractivity contribution in [3.63, 3.8) is 0 Å². The highest BCUT2D eigenvalue weighted by Gasteiger charge is 2.20. The average molecular weight is 346 g/mol. The Hall–Kier alpha value is -2.60. The number of hydrogen-bond donors (Lipinski definition) is 3. The second kappa shape index (κ2) is 9.03. The number of carbonyl (C=O) groups is 1. The number of nitrogens with one attached hydrogen (secondary N) is 2. The minimum Gasteiger partial charge on any atom is -0.496 e. The number of amides is 2. The molecule has 5 nitrogen and oxygen atoms in total. The molecule has 6 heteroatoms. The Morgan fingerprint density at radius 2 is 1.88 bits per heavy atom. The van der Waals surface area contributed by atoms with E-state index in [1.165, 1.54) is 13.2 Å². The van der Waals surface area contributed by atoms with Gasteiger partial charge in [-0.25, -0.2) is 9.18 Å². The molecule has 0 saturated carbocycles. The first-order chi connectivity index (χ1) is 12.1. The van der Waals surface area contributed by atoms with Crippen molar-refractivity contribution < 1.29 is 19.0 Å². The lowest BCUT2D eigenvalue weighted by Crippen LogP contribution is -2.39. The number of halogens is 1. The van der Waals surface area contributed by atoms with Crippen molar-refractivity contribution in [2.45, 2.75) is 25.4 Å². The number of hydrogen-bond acceptors (Lipinski definition) is 3. The molecule has 0 spiro atoms. The van der Waals surface area contributed by atoms with Crippen LogP contribution in [0.4, 0.5) is 9.18 Å². The first-order valence-electron chi connectivity index (χ1n) is 8.12. The maximum absolute atomic E-state index is 14.1. The molecule has 2 aromatic carbocycles. The summed E-state index contributed by atoms with van der Waals surface area (Å²) in [4.78, 5) is 12.3. The molecule has 0 bridgehead atoms. The molecule has 0 aromatic heterocycles. The number of ether oxygens (including phenoxy) is 1. The molecule has 2 aromatic rings. The molecule has 2 amide bonds. The first kappa shape index (κ1) is 18.7. The van der Waals surface area contributed by atoms with E-state index in [1.54, 1.807) is 19.1 Å². The summed E-state index contributed by atoms with van der Waals surface area (Å²) in [6.45, 7) is 1.63. The molecule has 2 rings (SSSR count). The Kier molecular flexibility index (Phi) is 6.77. The van der Waals surface area contributed by atoms with Crippen LogP contribution >= 0.6 is 0 Å². The maximum atomic E-state index is 14.1. The van der Waals surface area contributed by atoms with E-state index in [-0.39, 0.29) is 12.6 Å². The number of aliphatic hydroxyl groups excluding tert-OH is 1. The lowest BCUT2D eigenvalue weighted by atomic mass is 10.0. The SMILES string of the molecule is COc1cccc(F)c1C(C)NC(=O)N[C@H](CCO)c1ccccc1. The molecule has 0 heterocycles. The zero-order valence-corrected chi connectivity index (χ0v) is 14.3. The van der Waals surface area contributed by atoms with Crippen LogP contribution in [0, 0.1) is 5.82 Å². The molecule has 0 saturated heterocycles. The summed E-state index contributed by atoms with van der Waals surface area (Å²) < 4.78 is 19.3. The predicted molar refractivity (Wildman–Crippen MR) is 93.9 cm³/mol. The molecule has 0 fully saturated rings. The average Bonchev–Trinajstić information content (AvgIpc) is 2.61. The van der Waals surface area contributed by atoms with E-state index in [0.717, 1.165) is 5.56 Å². The molecular weight excluding hydrogens is 323 g/mol. The standard InChI is InChI=1S/C19H23FN2O3/c1-13(18-15(20)9-6-10-17(18)25-2)21-19(24)22-16(11-12-23)14-7-4-3-5-8-14/h3-10,13,16,23H,11-12H2,1-2H3,(H2,21,22,24)/t13?,16-/m1/s1. The van der Waals surface area contributed by atoms with Gasteiger partial charge in [-0.15, -0.1) is 0 Å². The normalized spacial score (nSPS) is 13.0. The topological polar surface area (TPSA) is 70.6 Å². The van der Waals surface area contributed by atoms with Crippen LogP contribution in [-0.2, 0) is 0 Å². The van der Waals surface area contributed by atoms with Gasteiger partial charge in [0.05, 0.1) is 24.8 Å². The second-order valence-corrected chi connectivity index (χ2v) is 5.67. The lowest BCUT2D eigenvalue weighted by Gasteiger charge is -2.22. The van der Waals surface area contributed by atoms with Gasteiger partial charge in [-0.3, -0.25) is 0 Å². The van der Waals surface area contributed by atoms with Crippen LogP contribution in [0.3, 0.4) is 0 Å². The Balaban J connectivity index is 2.08. The molecular formula is C19H23FN2O3. The number of rotatable bonds is 7. The van der Waals surface area contributed by atoms with Gasteiger partial charge in [0, 0.05) is 6.61 Å². The molecule has 1 unspecified atom stereocenters. The first-order valence-corrected chi connectivity index (χ1v) is 8.12.